The Hall–Kier alpha value is -1.36. The Bertz CT molecular complexity index is 441. The molecule has 1 aliphatic rings. The summed E-state index contributed by atoms with van der Waals surface area (Å²) in [6.45, 7) is 6.87. The average molecular weight is 252 g/mol. The van der Waals surface area contributed by atoms with E-state index in [-0.39, 0.29) is 17.9 Å². The van der Waals surface area contributed by atoms with E-state index in [1.54, 1.807) is 11.8 Å². The van der Waals surface area contributed by atoms with Crippen LogP contribution in [0.4, 0.5) is 0 Å². The van der Waals surface area contributed by atoms with Crippen LogP contribution in [0.1, 0.15) is 42.1 Å². The van der Waals surface area contributed by atoms with Crippen LogP contribution in [0.25, 0.3) is 0 Å². The predicted molar refractivity (Wildman–Crippen MR) is 66.3 cm³/mol. The van der Waals surface area contributed by atoms with E-state index in [9.17, 15) is 9.90 Å². The lowest BCUT2D eigenvalue weighted by Gasteiger charge is -2.34. The van der Waals surface area contributed by atoms with Gasteiger partial charge in [-0.2, -0.15) is 0 Å². The lowest BCUT2D eigenvalue weighted by atomic mass is 9.96. The number of aromatic nitrogens is 1. The molecule has 1 saturated heterocycles. The number of aryl methyl sites for hydroxylation is 2. The maximum Gasteiger partial charge on any atom is 0.259 e. The first kappa shape index (κ1) is 13.1. The van der Waals surface area contributed by atoms with E-state index in [2.05, 4.69) is 5.16 Å². The van der Waals surface area contributed by atoms with E-state index < -0.39 is 0 Å². The second-order valence-electron chi connectivity index (χ2n) is 5.00. The van der Waals surface area contributed by atoms with Gasteiger partial charge in [0, 0.05) is 13.1 Å². The molecule has 1 fully saturated rings. The number of likely N-dealkylation sites (tertiary alicyclic amines) is 1. The van der Waals surface area contributed by atoms with Gasteiger partial charge in [-0.25, -0.2) is 0 Å². The molecule has 0 radical (unpaired) electrons. The molecule has 2 atom stereocenters. The molecule has 1 aromatic rings. The molecule has 2 heterocycles. The third kappa shape index (κ3) is 2.27. The predicted octanol–water partition coefficient (Wildman–Crippen LogP) is 1.39. The van der Waals surface area contributed by atoms with E-state index in [1.807, 2.05) is 13.8 Å². The summed E-state index contributed by atoms with van der Waals surface area (Å²) >= 11 is 0. The van der Waals surface area contributed by atoms with E-state index in [4.69, 9.17) is 4.52 Å². The third-order valence-corrected chi connectivity index (χ3v) is 3.63. The molecule has 2 rings (SSSR count). The van der Waals surface area contributed by atoms with Gasteiger partial charge in [-0.05, 0) is 25.7 Å². The average Bonchev–Trinajstić information content (AvgIpc) is 2.73. The summed E-state index contributed by atoms with van der Waals surface area (Å²) in [5.74, 6) is 0.674. The van der Waals surface area contributed by atoms with Crippen molar-refractivity contribution in [3.8, 4) is 0 Å². The van der Waals surface area contributed by atoms with Gasteiger partial charge in [-0.1, -0.05) is 19.0 Å². The number of aliphatic hydroxyl groups excluding tert-OH is 1. The number of piperidine rings is 1. The quantitative estimate of drug-likeness (QED) is 0.863. The van der Waals surface area contributed by atoms with Crippen molar-refractivity contribution in [1.29, 1.82) is 0 Å². The van der Waals surface area contributed by atoms with Crippen LogP contribution in [0.2, 0.25) is 0 Å². The van der Waals surface area contributed by atoms with Crippen molar-refractivity contribution in [3.05, 3.63) is 17.0 Å². The summed E-state index contributed by atoms with van der Waals surface area (Å²) in [6.07, 6.45) is 1.02. The van der Waals surface area contributed by atoms with Gasteiger partial charge in [0.2, 0.25) is 0 Å². The van der Waals surface area contributed by atoms with Gasteiger partial charge in [0.05, 0.1) is 11.8 Å². The van der Waals surface area contributed by atoms with Crippen LogP contribution in [0.5, 0.6) is 0 Å². The normalized spacial score (nSPS) is 24.3. The number of rotatable bonds is 2. The standard InChI is InChI=1S/C13H20N2O3/c1-4-10-12(9(3)18-14-10)13(17)15-6-5-11(16)8(2)7-15/h8,11,16H,4-7H2,1-3H3. The number of aliphatic hydroxyl groups is 1. The summed E-state index contributed by atoms with van der Waals surface area (Å²) in [6, 6.07) is 0. The van der Waals surface area contributed by atoms with Gasteiger partial charge in [-0.15, -0.1) is 0 Å². The summed E-state index contributed by atoms with van der Waals surface area (Å²) in [5.41, 5.74) is 1.32. The molecule has 2 unspecified atom stereocenters. The van der Waals surface area contributed by atoms with Crippen LogP contribution < -0.4 is 0 Å². The Kier molecular flexibility index (Phi) is 3.71. The topological polar surface area (TPSA) is 66.6 Å². The number of carbonyl (C=O) groups excluding carboxylic acids is 1. The first-order chi connectivity index (χ1) is 8.54. The zero-order valence-electron chi connectivity index (χ0n) is 11.1. The van der Waals surface area contributed by atoms with Crippen molar-refractivity contribution in [2.24, 2.45) is 5.92 Å². The van der Waals surface area contributed by atoms with Crippen LogP contribution in [-0.2, 0) is 6.42 Å². The van der Waals surface area contributed by atoms with E-state index in [0.29, 0.717) is 37.3 Å². The molecule has 0 aliphatic carbocycles. The van der Waals surface area contributed by atoms with Crippen LogP contribution in [-0.4, -0.2) is 40.3 Å². The van der Waals surface area contributed by atoms with Gasteiger partial charge in [-0.3, -0.25) is 4.79 Å². The molecular weight excluding hydrogens is 232 g/mol. The molecule has 18 heavy (non-hydrogen) atoms. The molecule has 1 aromatic heterocycles. The molecule has 0 aromatic carbocycles. The van der Waals surface area contributed by atoms with Crippen molar-refractivity contribution >= 4 is 5.91 Å². The van der Waals surface area contributed by atoms with Crippen LogP contribution in [0.3, 0.4) is 0 Å². The SMILES string of the molecule is CCc1noc(C)c1C(=O)N1CCC(O)C(C)C1. The van der Waals surface area contributed by atoms with Crippen molar-refractivity contribution in [2.75, 3.05) is 13.1 Å². The highest BCUT2D eigenvalue weighted by atomic mass is 16.5. The summed E-state index contributed by atoms with van der Waals surface area (Å²) in [4.78, 5) is 14.2. The lowest BCUT2D eigenvalue weighted by Crippen LogP contribution is -2.45. The second-order valence-corrected chi connectivity index (χ2v) is 5.00. The monoisotopic (exact) mass is 252 g/mol. The maximum absolute atomic E-state index is 12.5. The Morgan fingerprint density at radius 2 is 2.33 bits per heavy atom. The summed E-state index contributed by atoms with van der Waals surface area (Å²) in [5, 5.41) is 13.6. The van der Waals surface area contributed by atoms with Crippen LogP contribution in [0, 0.1) is 12.8 Å². The molecule has 5 nitrogen and oxygen atoms in total. The number of carbonyl (C=O) groups is 1. The fraction of sp³-hybridized carbons (Fsp3) is 0.692. The van der Waals surface area contributed by atoms with Crippen LogP contribution >= 0.6 is 0 Å². The molecule has 5 heteroatoms. The molecule has 100 valence electrons. The third-order valence-electron chi connectivity index (χ3n) is 3.63. The van der Waals surface area contributed by atoms with E-state index in [0.717, 1.165) is 5.69 Å². The minimum atomic E-state index is -0.303. The minimum Gasteiger partial charge on any atom is -0.393 e. The lowest BCUT2D eigenvalue weighted by molar-refractivity contribution is 0.0296. The van der Waals surface area contributed by atoms with Crippen molar-refractivity contribution < 1.29 is 14.4 Å². The zero-order chi connectivity index (χ0) is 13.3. The Morgan fingerprint density at radius 1 is 1.61 bits per heavy atom. The van der Waals surface area contributed by atoms with E-state index >= 15 is 0 Å². The maximum atomic E-state index is 12.5. The molecule has 1 amide bonds. The highest BCUT2D eigenvalue weighted by Gasteiger charge is 2.30. The molecular formula is C13H20N2O3. The summed E-state index contributed by atoms with van der Waals surface area (Å²) < 4.78 is 5.10. The zero-order valence-corrected chi connectivity index (χ0v) is 11.1. The minimum absolute atomic E-state index is 0.0237. The first-order valence-electron chi connectivity index (χ1n) is 6.47. The Labute approximate surface area is 107 Å². The van der Waals surface area contributed by atoms with Crippen LogP contribution in [0.15, 0.2) is 4.52 Å². The smallest absolute Gasteiger partial charge is 0.259 e. The molecule has 0 spiro atoms. The highest BCUT2D eigenvalue weighted by molar-refractivity contribution is 5.96. The molecule has 1 N–H and O–H groups in total. The van der Waals surface area contributed by atoms with Crippen molar-refractivity contribution in [3.63, 3.8) is 0 Å². The summed E-state index contributed by atoms with van der Waals surface area (Å²) in [7, 11) is 0. The number of hydrogen-bond acceptors (Lipinski definition) is 4. The molecule has 1 aliphatic heterocycles. The van der Waals surface area contributed by atoms with Gasteiger partial charge in [0.15, 0.2) is 0 Å². The largest absolute Gasteiger partial charge is 0.393 e. The fourth-order valence-electron chi connectivity index (χ4n) is 2.41. The molecule has 0 saturated carbocycles. The van der Waals surface area contributed by atoms with Gasteiger partial charge in [0.25, 0.3) is 5.91 Å². The fourth-order valence-corrected chi connectivity index (χ4v) is 2.41. The number of hydrogen-bond donors (Lipinski definition) is 1. The van der Waals surface area contributed by atoms with Gasteiger partial charge >= 0.3 is 0 Å². The number of amides is 1. The van der Waals surface area contributed by atoms with Crippen molar-refractivity contribution in [2.45, 2.75) is 39.7 Å². The second kappa shape index (κ2) is 5.10. The Morgan fingerprint density at radius 3 is 2.94 bits per heavy atom. The molecule has 0 bridgehead atoms. The van der Waals surface area contributed by atoms with Gasteiger partial charge in [0.1, 0.15) is 11.3 Å². The highest BCUT2D eigenvalue weighted by Crippen LogP contribution is 2.22. The first-order valence-corrected chi connectivity index (χ1v) is 6.47. The van der Waals surface area contributed by atoms with Crippen molar-refractivity contribution in [1.82, 2.24) is 10.1 Å². The van der Waals surface area contributed by atoms with E-state index in [1.165, 1.54) is 0 Å². The van der Waals surface area contributed by atoms with Gasteiger partial charge < -0.3 is 14.5 Å². The Balaban J connectivity index is 2.18. The number of nitrogens with zero attached hydrogens (tertiary/aromatic N) is 2.